The fourth-order valence-corrected chi connectivity index (χ4v) is 5.34. The van der Waals surface area contributed by atoms with Crippen LogP contribution in [0.4, 0.5) is 30.4 Å². The molecule has 0 radical (unpaired) electrons. The number of nitrogen functional groups attached to an aromatic ring is 1. The molecule has 1 saturated carbocycles. The number of anilines is 3. The van der Waals surface area contributed by atoms with Crippen LogP contribution in [0.2, 0.25) is 5.02 Å². The lowest BCUT2D eigenvalue weighted by Gasteiger charge is -2.39. The van der Waals surface area contributed by atoms with Gasteiger partial charge in [-0.2, -0.15) is 0 Å². The van der Waals surface area contributed by atoms with Gasteiger partial charge in [0.15, 0.2) is 0 Å². The first-order chi connectivity index (χ1) is 19.0. The fraction of sp³-hybridized carbons (Fsp3) is 0.286. The number of amides is 3. The maximum atomic E-state index is 14.5. The molecule has 0 spiro atoms. The fourth-order valence-electron chi connectivity index (χ4n) is 5.10. The number of nitrogens with zero attached hydrogens (tertiary/aromatic N) is 3. The topological polar surface area (TPSA) is 109 Å². The van der Waals surface area contributed by atoms with Crippen LogP contribution in [-0.2, 0) is 14.4 Å². The first-order valence-electron chi connectivity index (χ1n) is 12.6. The van der Waals surface area contributed by atoms with E-state index in [0.29, 0.717) is 5.69 Å². The molecular weight excluding hydrogens is 547 g/mol. The SMILES string of the molecule is Nc1ccnc(N2C(=O)CC[C@H]2C(=O)N(c2cccc(F)c2)[C@@H](C(=O)NC2CC(F)(F)C2)c2ccccc2Cl)c1. The van der Waals surface area contributed by atoms with Crippen LogP contribution in [0.3, 0.4) is 0 Å². The Morgan fingerprint density at radius 1 is 1.12 bits per heavy atom. The Labute approximate surface area is 232 Å². The average molecular weight is 572 g/mol. The van der Waals surface area contributed by atoms with Crippen LogP contribution >= 0.6 is 11.6 Å². The van der Waals surface area contributed by atoms with Crippen molar-refractivity contribution in [2.24, 2.45) is 0 Å². The number of hydrogen-bond acceptors (Lipinski definition) is 5. The van der Waals surface area contributed by atoms with Crippen molar-refractivity contribution in [2.45, 2.75) is 49.7 Å². The van der Waals surface area contributed by atoms with Crippen molar-refractivity contribution in [3.63, 3.8) is 0 Å². The first-order valence-corrected chi connectivity index (χ1v) is 13.0. The van der Waals surface area contributed by atoms with Crippen molar-refractivity contribution in [1.29, 1.82) is 0 Å². The molecule has 1 aromatic heterocycles. The summed E-state index contributed by atoms with van der Waals surface area (Å²) in [5.74, 6) is -5.29. The highest BCUT2D eigenvalue weighted by Gasteiger charge is 2.48. The second-order valence-electron chi connectivity index (χ2n) is 9.85. The lowest BCUT2D eigenvalue weighted by molar-refractivity contribution is -0.133. The number of carbonyl (C=O) groups is 3. The molecule has 2 aromatic carbocycles. The molecule has 12 heteroatoms. The molecule has 208 valence electrons. The minimum Gasteiger partial charge on any atom is -0.399 e. The van der Waals surface area contributed by atoms with E-state index < -0.39 is 54.5 Å². The number of alkyl halides is 2. The second kappa shape index (κ2) is 10.8. The molecule has 40 heavy (non-hydrogen) atoms. The minimum absolute atomic E-state index is 0.0174. The number of hydrogen-bond donors (Lipinski definition) is 2. The normalized spacial score (nSPS) is 19.1. The maximum Gasteiger partial charge on any atom is 0.252 e. The summed E-state index contributed by atoms with van der Waals surface area (Å²) in [5, 5.41) is 2.72. The molecule has 2 atom stereocenters. The van der Waals surface area contributed by atoms with E-state index in [0.717, 1.165) is 11.0 Å². The van der Waals surface area contributed by atoms with Crippen LogP contribution in [-0.4, -0.2) is 40.7 Å². The summed E-state index contributed by atoms with van der Waals surface area (Å²) in [6.45, 7) is 0. The molecule has 2 aliphatic rings. The van der Waals surface area contributed by atoms with Crippen molar-refractivity contribution in [3.8, 4) is 0 Å². The molecule has 5 rings (SSSR count). The summed E-state index contributed by atoms with van der Waals surface area (Å²) in [5.41, 5.74) is 6.43. The largest absolute Gasteiger partial charge is 0.399 e. The smallest absolute Gasteiger partial charge is 0.252 e. The van der Waals surface area contributed by atoms with Crippen LogP contribution in [0, 0.1) is 5.82 Å². The van der Waals surface area contributed by atoms with E-state index >= 15 is 0 Å². The van der Waals surface area contributed by atoms with E-state index in [9.17, 15) is 27.6 Å². The summed E-state index contributed by atoms with van der Waals surface area (Å²) in [7, 11) is 0. The Bertz CT molecular complexity index is 1460. The number of rotatable bonds is 7. The van der Waals surface area contributed by atoms with Gasteiger partial charge in [-0.05, 0) is 36.8 Å². The van der Waals surface area contributed by atoms with Gasteiger partial charge < -0.3 is 11.1 Å². The lowest BCUT2D eigenvalue weighted by Crippen LogP contribution is -2.56. The molecular formula is C28H25ClF3N5O3. The third kappa shape index (κ3) is 5.46. The number of pyridine rings is 1. The van der Waals surface area contributed by atoms with E-state index in [-0.39, 0.29) is 40.8 Å². The molecule has 2 fully saturated rings. The molecule has 1 aliphatic carbocycles. The molecule has 3 N–H and O–H groups in total. The lowest BCUT2D eigenvalue weighted by atomic mass is 9.87. The standard InChI is InChI=1S/C28H25ClF3N5O3/c29-21-7-2-1-6-20(21)25(26(39)35-18-14-28(31,32)15-18)36(19-5-3-4-16(30)12-19)27(40)22-8-9-24(38)37(22)23-13-17(33)10-11-34-23/h1-7,10-13,18,22,25H,8-9,14-15H2,(H2,33,34)(H,35,39)/t22-,25+/m0/s1. The highest BCUT2D eigenvalue weighted by Crippen LogP contribution is 2.40. The number of nitrogens with one attached hydrogen (secondary N) is 1. The maximum absolute atomic E-state index is 14.5. The van der Waals surface area contributed by atoms with E-state index in [4.69, 9.17) is 17.3 Å². The zero-order chi connectivity index (χ0) is 28.6. The summed E-state index contributed by atoms with van der Waals surface area (Å²) >= 11 is 6.48. The number of carbonyl (C=O) groups excluding carboxylic acids is 3. The van der Waals surface area contributed by atoms with Gasteiger partial charge in [-0.15, -0.1) is 0 Å². The van der Waals surface area contributed by atoms with Crippen LogP contribution in [0.25, 0.3) is 0 Å². The third-order valence-corrected chi connectivity index (χ3v) is 7.32. The van der Waals surface area contributed by atoms with Crippen LogP contribution < -0.4 is 20.9 Å². The Balaban J connectivity index is 1.60. The number of halogens is 4. The molecule has 1 saturated heterocycles. The van der Waals surface area contributed by atoms with Crippen LogP contribution in [0.1, 0.15) is 37.3 Å². The van der Waals surface area contributed by atoms with E-state index in [1.54, 1.807) is 12.1 Å². The first kappa shape index (κ1) is 27.4. The van der Waals surface area contributed by atoms with E-state index in [1.165, 1.54) is 53.6 Å². The molecule has 2 heterocycles. The van der Waals surface area contributed by atoms with E-state index in [2.05, 4.69) is 10.3 Å². The molecule has 0 bridgehead atoms. The minimum atomic E-state index is -2.90. The molecule has 0 unspecified atom stereocenters. The van der Waals surface area contributed by atoms with Gasteiger partial charge in [-0.1, -0.05) is 35.9 Å². The van der Waals surface area contributed by atoms with Crippen molar-refractivity contribution >= 4 is 46.5 Å². The summed E-state index contributed by atoms with van der Waals surface area (Å²) < 4.78 is 41.6. The Morgan fingerprint density at radius 3 is 2.55 bits per heavy atom. The van der Waals surface area contributed by atoms with Gasteiger partial charge in [0.25, 0.3) is 11.8 Å². The number of aromatic nitrogens is 1. The number of benzene rings is 2. The highest BCUT2D eigenvalue weighted by molar-refractivity contribution is 6.31. The van der Waals surface area contributed by atoms with Gasteiger partial charge in [-0.25, -0.2) is 18.2 Å². The van der Waals surface area contributed by atoms with Gasteiger partial charge in [-0.3, -0.25) is 24.2 Å². The monoisotopic (exact) mass is 571 g/mol. The van der Waals surface area contributed by atoms with Crippen molar-refractivity contribution in [3.05, 3.63) is 83.3 Å². The molecule has 3 aromatic rings. The highest BCUT2D eigenvalue weighted by atomic mass is 35.5. The van der Waals surface area contributed by atoms with Gasteiger partial charge in [0, 0.05) is 59.5 Å². The quantitative estimate of drug-likeness (QED) is 0.429. The van der Waals surface area contributed by atoms with Crippen molar-refractivity contribution in [2.75, 3.05) is 15.5 Å². The summed E-state index contributed by atoms with van der Waals surface area (Å²) in [4.78, 5) is 47.6. The second-order valence-corrected chi connectivity index (χ2v) is 10.3. The zero-order valence-electron chi connectivity index (χ0n) is 21.1. The van der Waals surface area contributed by atoms with Crippen LogP contribution in [0.5, 0.6) is 0 Å². The Morgan fingerprint density at radius 2 is 1.88 bits per heavy atom. The third-order valence-electron chi connectivity index (χ3n) is 6.98. The van der Waals surface area contributed by atoms with Gasteiger partial charge in [0.2, 0.25) is 11.8 Å². The average Bonchev–Trinajstić information content (AvgIpc) is 3.27. The predicted molar refractivity (Wildman–Crippen MR) is 143 cm³/mol. The number of nitrogens with two attached hydrogens (primary N) is 1. The summed E-state index contributed by atoms with van der Waals surface area (Å²) in [6, 6.07) is 10.9. The predicted octanol–water partition coefficient (Wildman–Crippen LogP) is 4.64. The molecule has 3 amide bonds. The van der Waals surface area contributed by atoms with Gasteiger partial charge >= 0.3 is 0 Å². The Kier molecular flexibility index (Phi) is 7.41. The van der Waals surface area contributed by atoms with Gasteiger partial charge in [0.05, 0.1) is 0 Å². The Hall–Kier alpha value is -4.12. The zero-order valence-corrected chi connectivity index (χ0v) is 21.8. The van der Waals surface area contributed by atoms with Gasteiger partial charge in [0.1, 0.15) is 23.7 Å². The summed E-state index contributed by atoms with van der Waals surface area (Å²) in [6.07, 6.45) is 0.411. The van der Waals surface area contributed by atoms with E-state index in [1.807, 2.05) is 0 Å². The molecule has 1 aliphatic heterocycles. The van der Waals surface area contributed by atoms with Crippen molar-refractivity contribution < 1.29 is 27.6 Å². The van der Waals surface area contributed by atoms with Crippen LogP contribution in [0.15, 0.2) is 66.9 Å². The molecule has 8 nitrogen and oxygen atoms in total. The van der Waals surface area contributed by atoms with Crippen molar-refractivity contribution in [1.82, 2.24) is 10.3 Å².